The monoisotopic (exact) mass is 409 g/mol. The van der Waals surface area contributed by atoms with Crippen LogP contribution in [0.1, 0.15) is 58.5 Å². The third-order valence-corrected chi connectivity index (χ3v) is 4.49. The molecule has 0 N–H and O–H groups in total. The summed E-state index contributed by atoms with van der Waals surface area (Å²) >= 11 is 0. The van der Waals surface area contributed by atoms with Crippen molar-refractivity contribution in [2.45, 2.75) is 33.6 Å². The van der Waals surface area contributed by atoms with Crippen molar-refractivity contribution in [3.05, 3.63) is 64.7 Å². The number of ether oxygens (including phenoxy) is 2. The molecule has 2 rings (SSSR count). The topological polar surface area (TPSA) is 55.8 Å². The zero-order valence-corrected chi connectivity index (χ0v) is 18.5. The molecule has 2 aromatic carbocycles. The average Bonchev–Trinajstić information content (AvgIpc) is 2.75. The Bertz CT molecular complexity index is 898. The van der Waals surface area contributed by atoms with Crippen LogP contribution in [0.25, 0.3) is 6.08 Å². The molecule has 5 nitrogen and oxygen atoms in total. The molecule has 0 aliphatic carbocycles. The van der Waals surface area contributed by atoms with Crippen LogP contribution >= 0.6 is 0 Å². The van der Waals surface area contributed by atoms with Gasteiger partial charge in [0.25, 0.3) is 5.91 Å². The summed E-state index contributed by atoms with van der Waals surface area (Å²) in [6.45, 7) is 7.26. The molecule has 0 heterocycles. The molecule has 30 heavy (non-hydrogen) atoms. The van der Waals surface area contributed by atoms with E-state index in [1.165, 1.54) is 11.0 Å². The van der Waals surface area contributed by atoms with Crippen molar-refractivity contribution in [1.82, 2.24) is 4.90 Å². The Hall–Kier alpha value is -3.08. The van der Waals surface area contributed by atoms with Gasteiger partial charge in [0.1, 0.15) is 11.5 Å². The molecular formula is C25H31NO4. The standard InChI is InChI=1S/C25H31NO4/c1-6-16-29-23-15-8-18(3)24(30-17-7-2)21(23)13-14-22(27)19-9-11-20(12-10-19)25(28)26(4)5/h8-15H,6-7,16-17H2,1-5H3. The summed E-state index contributed by atoms with van der Waals surface area (Å²) in [6, 6.07) is 10.6. The molecule has 1 amide bonds. The normalized spacial score (nSPS) is 10.8. The zero-order valence-electron chi connectivity index (χ0n) is 18.5. The highest BCUT2D eigenvalue weighted by Crippen LogP contribution is 2.34. The minimum atomic E-state index is -0.150. The number of ketones is 1. The highest BCUT2D eigenvalue weighted by molar-refractivity contribution is 6.07. The fourth-order valence-corrected chi connectivity index (χ4v) is 2.87. The van der Waals surface area contributed by atoms with Crippen molar-refractivity contribution in [3.63, 3.8) is 0 Å². The third kappa shape index (κ3) is 5.96. The number of aryl methyl sites for hydroxylation is 1. The van der Waals surface area contributed by atoms with Crippen molar-refractivity contribution in [3.8, 4) is 11.5 Å². The Kier molecular flexibility index (Phi) is 8.66. The molecule has 5 heteroatoms. The molecule has 0 spiro atoms. The fraction of sp³-hybridized carbons (Fsp3) is 0.360. The van der Waals surface area contributed by atoms with Crippen molar-refractivity contribution >= 4 is 17.8 Å². The first-order valence-electron chi connectivity index (χ1n) is 10.3. The van der Waals surface area contributed by atoms with Crippen LogP contribution in [0.4, 0.5) is 0 Å². The second-order valence-electron chi connectivity index (χ2n) is 7.29. The quantitative estimate of drug-likeness (QED) is 0.401. The molecule has 0 aliphatic rings. The van der Waals surface area contributed by atoms with Crippen molar-refractivity contribution in [2.75, 3.05) is 27.3 Å². The summed E-state index contributed by atoms with van der Waals surface area (Å²) in [7, 11) is 3.39. The summed E-state index contributed by atoms with van der Waals surface area (Å²) < 4.78 is 11.8. The predicted octanol–water partition coefficient (Wildman–Crippen LogP) is 5.17. The number of nitrogens with zero attached hydrogens (tertiary/aromatic N) is 1. The molecule has 0 aromatic heterocycles. The smallest absolute Gasteiger partial charge is 0.253 e. The summed E-state index contributed by atoms with van der Waals surface area (Å²) in [5.74, 6) is 1.19. The zero-order chi connectivity index (χ0) is 22.1. The van der Waals surface area contributed by atoms with Crippen LogP contribution in [-0.4, -0.2) is 43.9 Å². The molecule has 0 unspecified atom stereocenters. The van der Waals surface area contributed by atoms with Gasteiger partial charge in [-0.3, -0.25) is 9.59 Å². The van der Waals surface area contributed by atoms with E-state index >= 15 is 0 Å². The number of carbonyl (C=O) groups excluding carboxylic acids is 2. The summed E-state index contributed by atoms with van der Waals surface area (Å²) in [6.07, 6.45) is 5.05. The maximum atomic E-state index is 12.7. The van der Waals surface area contributed by atoms with Crippen LogP contribution in [0.15, 0.2) is 42.5 Å². The third-order valence-electron chi connectivity index (χ3n) is 4.49. The Morgan fingerprint density at radius 1 is 0.900 bits per heavy atom. The summed E-state index contributed by atoms with van der Waals surface area (Å²) in [5, 5.41) is 0. The van der Waals surface area contributed by atoms with E-state index in [1.54, 1.807) is 44.4 Å². The van der Waals surface area contributed by atoms with E-state index in [2.05, 4.69) is 6.92 Å². The van der Waals surface area contributed by atoms with E-state index in [-0.39, 0.29) is 11.7 Å². The largest absolute Gasteiger partial charge is 0.493 e. The van der Waals surface area contributed by atoms with Crippen molar-refractivity contribution in [2.24, 2.45) is 0 Å². The summed E-state index contributed by atoms with van der Waals surface area (Å²) in [4.78, 5) is 26.2. The van der Waals surface area contributed by atoms with Crippen LogP contribution in [0.2, 0.25) is 0 Å². The molecule has 0 saturated heterocycles. The maximum Gasteiger partial charge on any atom is 0.253 e. The van der Waals surface area contributed by atoms with Gasteiger partial charge in [0.2, 0.25) is 0 Å². The van der Waals surface area contributed by atoms with E-state index in [1.807, 2.05) is 26.0 Å². The van der Waals surface area contributed by atoms with Crippen LogP contribution < -0.4 is 9.47 Å². The van der Waals surface area contributed by atoms with E-state index < -0.39 is 0 Å². The van der Waals surface area contributed by atoms with Gasteiger partial charge in [-0.15, -0.1) is 0 Å². The fourth-order valence-electron chi connectivity index (χ4n) is 2.87. The molecule has 0 fully saturated rings. The van der Waals surface area contributed by atoms with Gasteiger partial charge in [0.15, 0.2) is 5.78 Å². The number of rotatable bonds is 10. The first kappa shape index (κ1) is 23.2. The van der Waals surface area contributed by atoms with E-state index in [0.717, 1.165) is 29.7 Å². The van der Waals surface area contributed by atoms with Gasteiger partial charge in [-0.2, -0.15) is 0 Å². The van der Waals surface area contributed by atoms with E-state index in [4.69, 9.17) is 9.47 Å². The molecule has 0 bridgehead atoms. The lowest BCUT2D eigenvalue weighted by molar-refractivity contribution is 0.0827. The lowest BCUT2D eigenvalue weighted by Crippen LogP contribution is -2.21. The highest BCUT2D eigenvalue weighted by atomic mass is 16.5. The SMILES string of the molecule is CCCOc1ccc(C)c(OCCC)c1C=CC(=O)c1ccc(C(=O)N(C)C)cc1. The summed E-state index contributed by atoms with van der Waals surface area (Å²) in [5.41, 5.74) is 2.82. The second kappa shape index (κ2) is 11.2. The molecule has 0 atom stereocenters. The number of hydrogen-bond donors (Lipinski definition) is 0. The van der Waals surface area contributed by atoms with Crippen LogP contribution in [0.5, 0.6) is 11.5 Å². The molecule has 2 aromatic rings. The molecular weight excluding hydrogens is 378 g/mol. The van der Waals surface area contributed by atoms with Crippen molar-refractivity contribution < 1.29 is 19.1 Å². The Morgan fingerprint density at radius 3 is 2.10 bits per heavy atom. The van der Waals surface area contributed by atoms with Gasteiger partial charge in [-0.25, -0.2) is 0 Å². The number of allylic oxidation sites excluding steroid dienone is 1. The van der Waals surface area contributed by atoms with Gasteiger partial charge in [0, 0.05) is 25.2 Å². The molecule has 0 saturated carbocycles. The number of benzene rings is 2. The first-order chi connectivity index (χ1) is 14.4. The number of hydrogen-bond acceptors (Lipinski definition) is 4. The van der Waals surface area contributed by atoms with Gasteiger partial charge in [-0.1, -0.05) is 32.0 Å². The van der Waals surface area contributed by atoms with E-state index in [0.29, 0.717) is 30.1 Å². The molecule has 0 radical (unpaired) electrons. The predicted molar refractivity (Wildman–Crippen MR) is 121 cm³/mol. The second-order valence-corrected chi connectivity index (χ2v) is 7.29. The average molecular weight is 410 g/mol. The Balaban J connectivity index is 2.31. The number of carbonyl (C=O) groups is 2. The lowest BCUT2D eigenvalue weighted by Gasteiger charge is -2.16. The minimum Gasteiger partial charge on any atom is -0.493 e. The van der Waals surface area contributed by atoms with Gasteiger partial charge < -0.3 is 14.4 Å². The molecule has 160 valence electrons. The highest BCUT2D eigenvalue weighted by Gasteiger charge is 2.13. The van der Waals surface area contributed by atoms with Crippen LogP contribution in [0.3, 0.4) is 0 Å². The van der Waals surface area contributed by atoms with Gasteiger partial charge in [0.05, 0.1) is 18.8 Å². The van der Waals surface area contributed by atoms with E-state index in [9.17, 15) is 9.59 Å². The van der Waals surface area contributed by atoms with Gasteiger partial charge in [-0.05, 0) is 55.7 Å². The Morgan fingerprint density at radius 2 is 1.50 bits per heavy atom. The first-order valence-corrected chi connectivity index (χ1v) is 10.3. The van der Waals surface area contributed by atoms with Crippen LogP contribution in [0, 0.1) is 6.92 Å². The van der Waals surface area contributed by atoms with Crippen molar-refractivity contribution in [1.29, 1.82) is 0 Å². The van der Waals surface area contributed by atoms with Crippen LogP contribution in [-0.2, 0) is 0 Å². The minimum absolute atomic E-state index is 0.0975. The molecule has 0 aliphatic heterocycles. The number of amides is 1. The van der Waals surface area contributed by atoms with Gasteiger partial charge >= 0.3 is 0 Å². The maximum absolute atomic E-state index is 12.7. The Labute approximate surface area is 179 Å². The lowest BCUT2D eigenvalue weighted by atomic mass is 10.0.